The quantitative estimate of drug-likeness (QED) is 0.661. The number of benzene rings is 1. The van der Waals surface area contributed by atoms with Crippen LogP contribution in [-0.2, 0) is 16.1 Å². The second-order valence-corrected chi connectivity index (χ2v) is 5.20. The molecule has 2 rings (SSSR count). The van der Waals surface area contributed by atoms with Gasteiger partial charge in [-0.1, -0.05) is 35.9 Å². The number of nitrogens with one attached hydrogen (secondary N) is 1. The highest BCUT2D eigenvalue weighted by Gasteiger charge is 2.16. The van der Waals surface area contributed by atoms with Gasteiger partial charge in [0.2, 0.25) is 0 Å². The van der Waals surface area contributed by atoms with E-state index in [1.165, 1.54) is 11.1 Å². The van der Waals surface area contributed by atoms with E-state index in [1.54, 1.807) is 6.08 Å². The van der Waals surface area contributed by atoms with E-state index in [-0.39, 0.29) is 5.97 Å². The topological polar surface area (TPSA) is 38.3 Å². The van der Waals surface area contributed by atoms with Crippen molar-refractivity contribution in [3.8, 4) is 0 Å². The highest BCUT2D eigenvalue weighted by Crippen LogP contribution is 2.23. The third-order valence-corrected chi connectivity index (χ3v) is 3.67. The average molecular weight is 273 g/mol. The highest BCUT2D eigenvalue weighted by atomic mass is 16.5. The van der Waals surface area contributed by atoms with Crippen LogP contribution in [0.25, 0.3) is 0 Å². The lowest BCUT2D eigenvalue weighted by molar-refractivity contribution is -0.137. The number of carbonyl (C=O) groups excluding carboxylic acids is 1. The second-order valence-electron chi connectivity index (χ2n) is 5.20. The largest absolute Gasteiger partial charge is 0.463 e. The molecule has 0 spiro atoms. The van der Waals surface area contributed by atoms with Gasteiger partial charge in [0.15, 0.2) is 0 Å². The van der Waals surface area contributed by atoms with Crippen LogP contribution in [0.5, 0.6) is 0 Å². The third-order valence-electron chi connectivity index (χ3n) is 3.67. The van der Waals surface area contributed by atoms with Crippen LogP contribution in [0.15, 0.2) is 42.0 Å². The van der Waals surface area contributed by atoms with Crippen molar-refractivity contribution in [3.63, 3.8) is 0 Å². The van der Waals surface area contributed by atoms with Gasteiger partial charge in [-0.15, -0.1) is 0 Å². The van der Waals surface area contributed by atoms with Crippen molar-refractivity contribution in [2.75, 3.05) is 6.61 Å². The Bertz CT molecular complexity index is 443. The molecule has 1 aliphatic rings. The summed E-state index contributed by atoms with van der Waals surface area (Å²) in [5.41, 5.74) is 2.54. The summed E-state index contributed by atoms with van der Waals surface area (Å²) in [5, 5.41) is 3.59. The van der Waals surface area contributed by atoms with Crippen molar-refractivity contribution in [2.45, 2.75) is 45.2 Å². The normalized spacial score (nSPS) is 18.6. The summed E-state index contributed by atoms with van der Waals surface area (Å²) in [4.78, 5) is 11.4. The van der Waals surface area contributed by atoms with Crippen LogP contribution in [0, 0.1) is 0 Å². The van der Waals surface area contributed by atoms with Crippen LogP contribution in [0.1, 0.15) is 38.2 Å². The molecule has 3 heteroatoms. The molecule has 0 saturated heterocycles. The summed E-state index contributed by atoms with van der Waals surface area (Å²) in [7, 11) is 0. The maximum Gasteiger partial charge on any atom is 0.330 e. The van der Waals surface area contributed by atoms with Gasteiger partial charge in [0.1, 0.15) is 0 Å². The molecule has 1 aromatic carbocycles. The fourth-order valence-electron chi connectivity index (χ4n) is 2.55. The molecule has 0 bridgehead atoms. The molecule has 0 unspecified atom stereocenters. The smallest absolute Gasteiger partial charge is 0.330 e. The molecule has 0 amide bonds. The van der Waals surface area contributed by atoms with Crippen LogP contribution < -0.4 is 5.32 Å². The summed E-state index contributed by atoms with van der Waals surface area (Å²) in [6.45, 7) is 3.20. The molecule has 0 aliphatic heterocycles. The van der Waals surface area contributed by atoms with Crippen LogP contribution in [0.3, 0.4) is 0 Å². The predicted octanol–water partition coefficient (Wildman–Crippen LogP) is 3.21. The van der Waals surface area contributed by atoms with Crippen LogP contribution in [0.4, 0.5) is 0 Å². The van der Waals surface area contributed by atoms with E-state index >= 15 is 0 Å². The first-order chi connectivity index (χ1) is 9.78. The molecule has 3 nitrogen and oxygen atoms in total. The van der Waals surface area contributed by atoms with Gasteiger partial charge in [0, 0.05) is 18.7 Å². The summed E-state index contributed by atoms with van der Waals surface area (Å²) in [6, 6.07) is 11.0. The number of allylic oxidation sites excluding steroid dienone is 1. The van der Waals surface area contributed by atoms with Crippen LogP contribution in [0.2, 0.25) is 0 Å². The Balaban J connectivity index is 1.73. The maximum absolute atomic E-state index is 11.4. The van der Waals surface area contributed by atoms with Gasteiger partial charge in [0.25, 0.3) is 0 Å². The molecule has 0 radical (unpaired) electrons. The zero-order valence-corrected chi connectivity index (χ0v) is 12.1. The van der Waals surface area contributed by atoms with E-state index in [1.807, 2.05) is 13.0 Å². The number of ether oxygens (including phenoxy) is 1. The molecule has 0 aromatic heterocycles. The molecule has 1 fully saturated rings. The highest BCUT2D eigenvalue weighted by molar-refractivity contribution is 5.82. The van der Waals surface area contributed by atoms with Crippen molar-refractivity contribution in [1.82, 2.24) is 5.32 Å². The zero-order valence-electron chi connectivity index (χ0n) is 12.1. The molecule has 108 valence electrons. The van der Waals surface area contributed by atoms with E-state index in [2.05, 4.69) is 29.6 Å². The summed E-state index contributed by atoms with van der Waals surface area (Å²) in [6.07, 6.45) is 5.85. The Morgan fingerprint density at radius 2 is 2.00 bits per heavy atom. The van der Waals surface area contributed by atoms with Gasteiger partial charge in [-0.3, -0.25) is 0 Å². The number of carbonyl (C=O) groups is 1. The number of hydrogen-bond donors (Lipinski definition) is 1. The molecule has 0 heterocycles. The Morgan fingerprint density at radius 3 is 2.65 bits per heavy atom. The summed E-state index contributed by atoms with van der Waals surface area (Å²) >= 11 is 0. The SMILES string of the molecule is CCOC(=O)C=C1CCC(NCc2ccccc2)CC1. The van der Waals surface area contributed by atoms with E-state index in [9.17, 15) is 4.79 Å². The van der Waals surface area contributed by atoms with Crippen molar-refractivity contribution in [3.05, 3.63) is 47.5 Å². The maximum atomic E-state index is 11.4. The van der Waals surface area contributed by atoms with Crippen molar-refractivity contribution in [2.24, 2.45) is 0 Å². The van der Waals surface area contributed by atoms with Crippen molar-refractivity contribution in [1.29, 1.82) is 0 Å². The first-order valence-electron chi connectivity index (χ1n) is 7.41. The monoisotopic (exact) mass is 273 g/mol. The third kappa shape index (κ3) is 4.82. The fraction of sp³-hybridized carbons (Fsp3) is 0.471. The van der Waals surface area contributed by atoms with Gasteiger partial charge in [-0.25, -0.2) is 4.79 Å². The second kappa shape index (κ2) is 7.85. The predicted molar refractivity (Wildman–Crippen MR) is 80.3 cm³/mol. The number of rotatable bonds is 5. The number of hydrogen-bond acceptors (Lipinski definition) is 3. The van der Waals surface area contributed by atoms with E-state index in [0.717, 1.165) is 32.2 Å². The van der Waals surface area contributed by atoms with Crippen molar-refractivity contribution < 1.29 is 9.53 Å². The molecule has 1 saturated carbocycles. The molecular formula is C17H23NO2. The first-order valence-corrected chi connectivity index (χ1v) is 7.41. The van der Waals surface area contributed by atoms with Gasteiger partial charge in [-0.2, -0.15) is 0 Å². The molecule has 0 atom stereocenters. The Morgan fingerprint density at radius 1 is 1.30 bits per heavy atom. The molecule has 1 aliphatic carbocycles. The standard InChI is InChI=1S/C17H23NO2/c1-2-20-17(19)12-14-8-10-16(11-9-14)18-13-15-6-4-3-5-7-15/h3-7,12,16,18H,2,8-11,13H2,1H3. The Labute approximate surface area is 121 Å². The zero-order chi connectivity index (χ0) is 14.2. The minimum Gasteiger partial charge on any atom is -0.463 e. The Kier molecular flexibility index (Phi) is 5.81. The lowest BCUT2D eigenvalue weighted by Crippen LogP contribution is -2.31. The van der Waals surface area contributed by atoms with Gasteiger partial charge >= 0.3 is 5.97 Å². The number of esters is 1. The van der Waals surface area contributed by atoms with E-state index in [0.29, 0.717) is 12.6 Å². The average Bonchev–Trinajstić information content (AvgIpc) is 2.48. The first kappa shape index (κ1) is 14.8. The fourth-order valence-corrected chi connectivity index (χ4v) is 2.55. The van der Waals surface area contributed by atoms with E-state index < -0.39 is 0 Å². The van der Waals surface area contributed by atoms with Crippen molar-refractivity contribution >= 4 is 5.97 Å². The molecule has 20 heavy (non-hydrogen) atoms. The molecular weight excluding hydrogens is 250 g/mol. The van der Waals surface area contributed by atoms with Crippen LogP contribution in [-0.4, -0.2) is 18.6 Å². The van der Waals surface area contributed by atoms with E-state index in [4.69, 9.17) is 4.74 Å². The Hall–Kier alpha value is -1.61. The van der Waals surface area contributed by atoms with Gasteiger partial charge in [-0.05, 0) is 38.2 Å². The summed E-state index contributed by atoms with van der Waals surface area (Å²) < 4.78 is 4.95. The lowest BCUT2D eigenvalue weighted by atomic mass is 9.90. The van der Waals surface area contributed by atoms with Gasteiger partial charge in [0.05, 0.1) is 6.61 Å². The summed E-state index contributed by atoms with van der Waals surface area (Å²) in [5.74, 6) is -0.196. The minimum atomic E-state index is -0.196. The lowest BCUT2D eigenvalue weighted by Gasteiger charge is -2.25. The van der Waals surface area contributed by atoms with Gasteiger partial charge < -0.3 is 10.1 Å². The minimum absolute atomic E-state index is 0.196. The van der Waals surface area contributed by atoms with Crippen LogP contribution >= 0.6 is 0 Å². The molecule has 1 N–H and O–H groups in total. The molecule has 1 aromatic rings.